The molecular weight excluding hydrogens is 263 g/mol. The van der Waals surface area contributed by atoms with Crippen LogP contribution in [0.15, 0.2) is 53.3 Å². The Bertz CT molecular complexity index is 745. The van der Waals surface area contributed by atoms with E-state index in [1.165, 1.54) is 41.4 Å². The number of rotatable bonds is 3. The first-order valence-electron chi connectivity index (χ1n) is 5.78. The molecule has 0 saturated heterocycles. The quantitative estimate of drug-likeness (QED) is 0.795. The number of halogens is 1. The summed E-state index contributed by atoms with van der Waals surface area (Å²) in [5.41, 5.74) is 0.808. The summed E-state index contributed by atoms with van der Waals surface area (Å²) < 4.78 is 19.5. The minimum absolute atomic E-state index is 0.0178. The third-order valence-corrected chi connectivity index (χ3v) is 2.79. The number of benzene rings is 1. The van der Waals surface area contributed by atoms with Gasteiger partial charge in [0.15, 0.2) is 5.76 Å². The molecule has 6 heteroatoms. The van der Waals surface area contributed by atoms with E-state index < -0.39 is 5.97 Å². The van der Waals surface area contributed by atoms with Gasteiger partial charge < -0.3 is 9.52 Å². The monoisotopic (exact) mass is 272 g/mol. The topological polar surface area (TPSA) is 68.3 Å². The molecule has 0 aliphatic rings. The maximum Gasteiger partial charge on any atom is 0.339 e. The summed E-state index contributed by atoms with van der Waals surface area (Å²) in [4.78, 5) is 11.3. The second kappa shape index (κ2) is 4.65. The third-order valence-electron chi connectivity index (χ3n) is 2.79. The average molecular weight is 272 g/mol. The van der Waals surface area contributed by atoms with Crippen molar-refractivity contribution in [3.8, 4) is 17.1 Å². The van der Waals surface area contributed by atoms with E-state index >= 15 is 0 Å². The van der Waals surface area contributed by atoms with Crippen LogP contribution in [0.1, 0.15) is 10.4 Å². The molecule has 1 aromatic carbocycles. The lowest BCUT2D eigenvalue weighted by molar-refractivity contribution is 0.0697. The molecule has 0 fully saturated rings. The second-order valence-corrected chi connectivity index (χ2v) is 4.09. The number of carboxylic acid groups (broad SMARTS) is 1. The molecule has 0 spiro atoms. The summed E-state index contributed by atoms with van der Waals surface area (Å²) in [6.07, 6.45) is 2.81. The van der Waals surface area contributed by atoms with E-state index in [9.17, 15) is 14.3 Å². The van der Waals surface area contributed by atoms with Gasteiger partial charge in [0.1, 0.15) is 17.1 Å². The Kier molecular flexibility index (Phi) is 2.83. The zero-order chi connectivity index (χ0) is 14.1. The molecule has 0 saturated carbocycles. The van der Waals surface area contributed by atoms with Crippen molar-refractivity contribution in [2.75, 3.05) is 0 Å². The van der Waals surface area contributed by atoms with Gasteiger partial charge in [-0.25, -0.2) is 13.9 Å². The molecule has 0 aliphatic carbocycles. The highest BCUT2D eigenvalue weighted by Crippen LogP contribution is 2.24. The molecule has 0 amide bonds. The van der Waals surface area contributed by atoms with E-state index in [2.05, 4.69) is 5.10 Å². The standard InChI is InChI=1S/C14H9FN2O3/c15-9-3-5-10(6-4-9)17-8-11(14(18)19)13(16-17)12-2-1-7-20-12/h1-8H,(H,18,19). The van der Waals surface area contributed by atoms with E-state index in [4.69, 9.17) is 4.42 Å². The van der Waals surface area contributed by atoms with Gasteiger partial charge in [-0.15, -0.1) is 0 Å². The molecule has 0 aliphatic heterocycles. The van der Waals surface area contributed by atoms with Crippen molar-refractivity contribution < 1.29 is 18.7 Å². The largest absolute Gasteiger partial charge is 0.478 e. The maximum absolute atomic E-state index is 12.9. The summed E-state index contributed by atoms with van der Waals surface area (Å²) in [6, 6.07) is 8.87. The lowest BCUT2D eigenvalue weighted by atomic mass is 10.2. The van der Waals surface area contributed by atoms with Crippen molar-refractivity contribution in [2.24, 2.45) is 0 Å². The Morgan fingerprint density at radius 2 is 2.00 bits per heavy atom. The fourth-order valence-corrected chi connectivity index (χ4v) is 1.85. The van der Waals surface area contributed by atoms with Gasteiger partial charge in [-0.1, -0.05) is 0 Å². The van der Waals surface area contributed by atoms with Crippen LogP contribution in [-0.4, -0.2) is 20.9 Å². The van der Waals surface area contributed by atoms with Gasteiger partial charge in [0.2, 0.25) is 0 Å². The highest BCUT2D eigenvalue weighted by atomic mass is 19.1. The molecule has 5 nitrogen and oxygen atoms in total. The van der Waals surface area contributed by atoms with E-state index in [0.29, 0.717) is 11.4 Å². The van der Waals surface area contributed by atoms with Crippen LogP contribution in [0, 0.1) is 5.82 Å². The molecule has 2 aromatic heterocycles. The SMILES string of the molecule is O=C(O)c1cn(-c2ccc(F)cc2)nc1-c1ccco1. The van der Waals surface area contributed by atoms with Gasteiger partial charge >= 0.3 is 5.97 Å². The second-order valence-electron chi connectivity index (χ2n) is 4.09. The van der Waals surface area contributed by atoms with Crippen molar-refractivity contribution in [3.63, 3.8) is 0 Å². The van der Waals surface area contributed by atoms with Crippen LogP contribution < -0.4 is 0 Å². The molecule has 0 atom stereocenters. The van der Waals surface area contributed by atoms with Crippen LogP contribution in [0.2, 0.25) is 0 Å². The molecule has 2 heterocycles. The molecule has 0 bridgehead atoms. The van der Waals surface area contributed by atoms with E-state index in [-0.39, 0.29) is 17.1 Å². The lowest BCUT2D eigenvalue weighted by Gasteiger charge is -1.99. The summed E-state index contributed by atoms with van der Waals surface area (Å²) in [5, 5.41) is 13.4. The molecule has 100 valence electrons. The molecule has 0 unspecified atom stereocenters. The zero-order valence-electron chi connectivity index (χ0n) is 10.2. The first-order valence-corrected chi connectivity index (χ1v) is 5.78. The molecular formula is C14H9FN2O3. The number of hydrogen-bond acceptors (Lipinski definition) is 3. The van der Waals surface area contributed by atoms with Crippen molar-refractivity contribution in [1.82, 2.24) is 9.78 Å². The normalized spacial score (nSPS) is 10.7. The molecule has 20 heavy (non-hydrogen) atoms. The van der Waals surface area contributed by atoms with Gasteiger partial charge in [-0.05, 0) is 36.4 Å². The fourth-order valence-electron chi connectivity index (χ4n) is 1.85. The summed E-state index contributed by atoms with van der Waals surface area (Å²) in [5.74, 6) is -1.11. The predicted octanol–water partition coefficient (Wildman–Crippen LogP) is 2.97. The number of aromatic nitrogens is 2. The van der Waals surface area contributed by atoms with E-state index in [0.717, 1.165) is 0 Å². The maximum atomic E-state index is 12.9. The summed E-state index contributed by atoms with van der Waals surface area (Å²) in [6.45, 7) is 0. The van der Waals surface area contributed by atoms with Crippen LogP contribution in [0.3, 0.4) is 0 Å². The van der Waals surface area contributed by atoms with Gasteiger partial charge in [0, 0.05) is 6.20 Å². The van der Waals surface area contributed by atoms with Crippen LogP contribution in [0.25, 0.3) is 17.1 Å². The Balaban J connectivity index is 2.12. The molecule has 3 rings (SSSR count). The van der Waals surface area contributed by atoms with Crippen LogP contribution >= 0.6 is 0 Å². The zero-order valence-corrected chi connectivity index (χ0v) is 10.2. The minimum Gasteiger partial charge on any atom is -0.478 e. The Labute approximate surface area is 112 Å². The number of furan rings is 1. The third kappa shape index (κ3) is 2.07. The Morgan fingerprint density at radius 1 is 1.25 bits per heavy atom. The Morgan fingerprint density at radius 3 is 2.60 bits per heavy atom. The number of carboxylic acids is 1. The number of carbonyl (C=O) groups is 1. The number of hydrogen-bond donors (Lipinski definition) is 1. The van der Waals surface area contributed by atoms with E-state index in [1.54, 1.807) is 12.1 Å². The van der Waals surface area contributed by atoms with Crippen molar-refractivity contribution in [2.45, 2.75) is 0 Å². The summed E-state index contributed by atoms with van der Waals surface area (Å²) in [7, 11) is 0. The number of aromatic carboxylic acids is 1. The van der Waals surface area contributed by atoms with Crippen LogP contribution in [0.5, 0.6) is 0 Å². The fraction of sp³-hybridized carbons (Fsp3) is 0. The summed E-state index contributed by atoms with van der Waals surface area (Å²) >= 11 is 0. The molecule has 1 N–H and O–H groups in total. The molecule has 3 aromatic rings. The first kappa shape index (κ1) is 12.2. The first-order chi connectivity index (χ1) is 9.65. The van der Waals surface area contributed by atoms with Crippen molar-refractivity contribution in [1.29, 1.82) is 0 Å². The van der Waals surface area contributed by atoms with Gasteiger partial charge in [0.25, 0.3) is 0 Å². The van der Waals surface area contributed by atoms with Crippen molar-refractivity contribution in [3.05, 3.63) is 60.2 Å². The highest BCUT2D eigenvalue weighted by molar-refractivity contribution is 5.94. The van der Waals surface area contributed by atoms with Crippen LogP contribution in [-0.2, 0) is 0 Å². The van der Waals surface area contributed by atoms with Crippen molar-refractivity contribution >= 4 is 5.97 Å². The smallest absolute Gasteiger partial charge is 0.339 e. The van der Waals surface area contributed by atoms with E-state index in [1.807, 2.05) is 0 Å². The lowest BCUT2D eigenvalue weighted by Crippen LogP contribution is -1.96. The van der Waals surface area contributed by atoms with Gasteiger partial charge in [-0.3, -0.25) is 0 Å². The van der Waals surface area contributed by atoms with Crippen LogP contribution in [0.4, 0.5) is 4.39 Å². The van der Waals surface area contributed by atoms with Gasteiger partial charge in [0.05, 0.1) is 12.0 Å². The predicted molar refractivity (Wildman–Crippen MR) is 68.2 cm³/mol. The Hall–Kier alpha value is -2.89. The average Bonchev–Trinajstić information content (AvgIpc) is 3.08. The molecule has 0 radical (unpaired) electrons. The number of nitrogens with zero attached hydrogens (tertiary/aromatic N) is 2. The highest BCUT2D eigenvalue weighted by Gasteiger charge is 2.19. The van der Waals surface area contributed by atoms with Gasteiger partial charge in [-0.2, -0.15) is 5.10 Å². The minimum atomic E-state index is -1.11.